The normalized spacial score (nSPS) is 24.7. The van der Waals surface area contributed by atoms with E-state index in [0.29, 0.717) is 6.54 Å². The SMILES string of the molecule is COCCN1CCN(C(=O)NCC2CCCO2)CC1. The Balaban J connectivity index is 1.61. The molecule has 1 unspecified atom stereocenters. The molecule has 2 heterocycles. The van der Waals surface area contributed by atoms with Gasteiger partial charge in [-0.1, -0.05) is 0 Å². The van der Waals surface area contributed by atoms with Gasteiger partial charge in [-0.15, -0.1) is 0 Å². The molecule has 2 saturated heterocycles. The van der Waals surface area contributed by atoms with Gasteiger partial charge in [-0.3, -0.25) is 4.90 Å². The van der Waals surface area contributed by atoms with Crippen molar-refractivity contribution in [3.63, 3.8) is 0 Å². The summed E-state index contributed by atoms with van der Waals surface area (Å²) in [6.45, 7) is 6.62. The van der Waals surface area contributed by atoms with Crippen LogP contribution in [0.5, 0.6) is 0 Å². The molecule has 0 radical (unpaired) electrons. The lowest BCUT2D eigenvalue weighted by molar-refractivity contribution is 0.0963. The summed E-state index contributed by atoms with van der Waals surface area (Å²) in [5.74, 6) is 0. The zero-order valence-corrected chi connectivity index (χ0v) is 11.8. The molecule has 2 fully saturated rings. The zero-order valence-electron chi connectivity index (χ0n) is 11.8. The molecule has 1 atom stereocenters. The molecule has 110 valence electrons. The third kappa shape index (κ3) is 4.63. The summed E-state index contributed by atoms with van der Waals surface area (Å²) in [4.78, 5) is 16.2. The summed E-state index contributed by atoms with van der Waals surface area (Å²) in [7, 11) is 1.72. The van der Waals surface area contributed by atoms with Gasteiger partial charge in [-0.25, -0.2) is 4.79 Å². The standard InChI is InChI=1S/C13H25N3O3/c1-18-10-8-15-4-6-16(7-5-15)13(17)14-11-12-3-2-9-19-12/h12H,2-11H2,1H3,(H,14,17). The summed E-state index contributed by atoms with van der Waals surface area (Å²) in [6.07, 6.45) is 2.39. The van der Waals surface area contributed by atoms with E-state index in [0.717, 1.165) is 58.8 Å². The van der Waals surface area contributed by atoms with Crippen molar-refractivity contribution in [1.29, 1.82) is 0 Å². The average Bonchev–Trinajstić information content (AvgIpc) is 2.96. The van der Waals surface area contributed by atoms with Crippen LogP contribution in [0.3, 0.4) is 0 Å². The molecule has 0 aromatic heterocycles. The number of hydrogen-bond donors (Lipinski definition) is 1. The van der Waals surface area contributed by atoms with Crippen molar-refractivity contribution < 1.29 is 14.3 Å². The maximum absolute atomic E-state index is 12.0. The van der Waals surface area contributed by atoms with E-state index in [2.05, 4.69) is 10.2 Å². The van der Waals surface area contributed by atoms with Crippen LogP contribution in [0.25, 0.3) is 0 Å². The molecule has 2 amide bonds. The van der Waals surface area contributed by atoms with Crippen LogP contribution in [0, 0.1) is 0 Å². The number of ether oxygens (including phenoxy) is 2. The molecule has 2 aliphatic heterocycles. The number of carbonyl (C=O) groups excluding carboxylic acids is 1. The van der Waals surface area contributed by atoms with Gasteiger partial charge in [0, 0.05) is 53.0 Å². The first-order chi connectivity index (χ1) is 9.29. The molecule has 0 aromatic rings. The molecule has 2 rings (SSSR count). The predicted molar refractivity (Wildman–Crippen MR) is 72.3 cm³/mol. The van der Waals surface area contributed by atoms with Crippen molar-refractivity contribution in [3.8, 4) is 0 Å². The maximum Gasteiger partial charge on any atom is 0.317 e. The van der Waals surface area contributed by atoms with E-state index in [1.807, 2.05) is 4.90 Å². The Labute approximate surface area is 115 Å². The Hall–Kier alpha value is -0.850. The van der Waals surface area contributed by atoms with Gasteiger partial charge in [-0.2, -0.15) is 0 Å². The fourth-order valence-electron chi connectivity index (χ4n) is 2.51. The molecule has 0 spiro atoms. The highest BCUT2D eigenvalue weighted by atomic mass is 16.5. The van der Waals surface area contributed by atoms with Crippen LogP contribution in [0.15, 0.2) is 0 Å². The van der Waals surface area contributed by atoms with Crippen LogP contribution >= 0.6 is 0 Å². The maximum atomic E-state index is 12.0. The van der Waals surface area contributed by atoms with Crippen LogP contribution in [-0.4, -0.2) is 81.5 Å². The Morgan fingerprint density at radius 3 is 2.79 bits per heavy atom. The minimum absolute atomic E-state index is 0.0434. The molecular formula is C13H25N3O3. The summed E-state index contributed by atoms with van der Waals surface area (Å²) < 4.78 is 10.6. The fourth-order valence-corrected chi connectivity index (χ4v) is 2.51. The molecule has 6 heteroatoms. The van der Waals surface area contributed by atoms with Gasteiger partial charge < -0.3 is 19.7 Å². The van der Waals surface area contributed by atoms with Crippen molar-refractivity contribution in [3.05, 3.63) is 0 Å². The summed E-state index contributed by atoms with van der Waals surface area (Å²) >= 11 is 0. The number of amides is 2. The van der Waals surface area contributed by atoms with Crippen molar-refractivity contribution in [2.24, 2.45) is 0 Å². The highest BCUT2D eigenvalue weighted by molar-refractivity contribution is 5.74. The van der Waals surface area contributed by atoms with E-state index < -0.39 is 0 Å². The number of hydrogen-bond acceptors (Lipinski definition) is 4. The molecule has 2 aliphatic rings. The smallest absolute Gasteiger partial charge is 0.317 e. The van der Waals surface area contributed by atoms with E-state index in [-0.39, 0.29) is 12.1 Å². The lowest BCUT2D eigenvalue weighted by Crippen LogP contribution is -2.53. The highest BCUT2D eigenvalue weighted by Gasteiger charge is 2.22. The zero-order chi connectivity index (χ0) is 13.5. The van der Waals surface area contributed by atoms with Gasteiger partial charge in [0.1, 0.15) is 0 Å². The number of piperazine rings is 1. The predicted octanol–water partition coefficient (Wildman–Crippen LogP) is 0.139. The second-order valence-corrected chi connectivity index (χ2v) is 5.14. The summed E-state index contributed by atoms with van der Waals surface area (Å²) in [5.41, 5.74) is 0. The first kappa shape index (κ1) is 14.6. The van der Waals surface area contributed by atoms with E-state index in [9.17, 15) is 4.79 Å². The van der Waals surface area contributed by atoms with E-state index >= 15 is 0 Å². The van der Waals surface area contributed by atoms with Crippen LogP contribution < -0.4 is 5.32 Å². The van der Waals surface area contributed by atoms with Gasteiger partial charge >= 0.3 is 6.03 Å². The fraction of sp³-hybridized carbons (Fsp3) is 0.923. The third-order valence-corrected chi connectivity index (χ3v) is 3.78. The largest absolute Gasteiger partial charge is 0.383 e. The second-order valence-electron chi connectivity index (χ2n) is 5.14. The quantitative estimate of drug-likeness (QED) is 0.773. The molecule has 0 aliphatic carbocycles. The Bertz CT molecular complexity index is 274. The van der Waals surface area contributed by atoms with Gasteiger partial charge in [0.15, 0.2) is 0 Å². The van der Waals surface area contributed by atoms with E-state index in [1.54, 1.807) is 7.11 Å². The monoisotopic (exact) mass is 271 g/mol. The molecule has 0 bridgehead atoms. The number of urea groups is 1. The van der Waals surface area contributed by atoms with Crippen LogP contribution in [0.2, 0.25) is 0 Å². The second kappa shape index (κ2) is 7.67. The Morgan fingerprint density at radius 2 is 2.16 bits per heavy atom. The lowest BCUT2D eigenvalue weighted by atomic mass is 10.2. The van der Waals surface area contributed by atoms with Gasteiger partial charge in [0.05, 0.1) is 12.7 Å². The van der Waals surface area contributed by atoms with Crippen molar-refractivity contribution in [1.82, 2.24) is 15.1 Å². The van der Waals surface area contributed by atoms with Crippen molar-refractivity contribution >= 4 is 6.03 Å². The number of nitrogens with zero attached hydrogens (tertiary/aromatic N) is 2. The molecule has 19 heavy (non-hydrogen) atoms. The van der Waals surface area contributed by atoms with Gasteiger partial charge in [0.25, 0.3) is 0 Å². The average molecular weight is 271 g/mol. The number of carbonyl (C=O) groups is 1. The Morgan fingerprint density at radius 1 is 1.37 bits per heavy atom. The minimum Gasteiger partial charge on any atom is -0.383 e. The molecule has 6 nitrogen and oxygen atoms in total. The topological polar surface area (TPSA) is 54.0 Å². The number of nitrogens with one attached hydrogen (secondary N) is 1. The van der Waals surface area contributed by atoms with Gasteiger partial charge in [0.2, 0.25) is 0 Å². The molecule has 0 saturated carbocycles. The summed E-state index contributed by atoms with van der Waals surface area (Å²) in [5, 5.41) is 2.97. The van der Waals surface area contributed by atoms with Crippen LogP contribution in [0.4, 0.5) is 4.79 Å². The Kier molecular flexibility index (Phi) is 5.88. The number of rotatable bonds is 5. The molecule has 1 N–H and O–H groups in total. The van der Waals surface area contributed by atoms with Gasteiger partial charge in [-0.05, 0) is 12.8 Å². The highest BCUT2D eigenvalue weighted by Crippen LogP contribution is 2.10. The minimum atomic E-state index is 0.0434. The molecular weight excluding hydrogens is 246 g/mol. The summed E-state index contributed by atoms with van der Waals surface area (Å²) in [6, 6.07) is 0.0434. The number of methoxy groups -OCH3 is 1. The van der Waals surface area contributed by atoms with Crippen molar-refractivity contribution in [2.45, 2.75) is 18.9 Å². The van der Waals surface area contributed by atoms with Crippen LogP contribution in [0.1, 0.15) is 12.8 Å². The first-order valence-corrected chi connectivity index (χ1v) is 7.15. The van der Waals surface area contributed by atoms with E-state index in [4.69, 9.17) is 9.47 Å². The molecule has 0 aromatic carbocycles. The lowest BCUT2D eigenvalue weighted by Gasteiger charge is -2.34. The first-order valence-electron chi connectivity index (χ1n) is 7.15. The van der Waals surface area contributed by atoms with Crippen LogP contribution in [-0.2, 0) is 9.47 Å². The van der Waals surface area contributed by atoms with Crippen molar-refractivity contribution in [2.75, 3.05) is 59.6 Å². The third-order valence-electron chi connectivity index (χ3n) is 3.78. The van der Waals surface area contributed by atoms with E-state index in [1.165, 1.54) is 0 Å².